The zero-order chi connectivity index (χ0) is 23.9. The van der Waals surface area contributed by atoms with Gasteiger partial charge in [0.15, 0.2) is 22.2 Å². The molecule has 2 rings (SSSR count). The first-order valence-corrected chi connectivity index (χ1v) is 14.1. The van der Waals surface area contributed by atoms with E-state index in [1.807, 2.05) is 12.1 Å². The SMILES string of the molecule is CCCCCCCCCCCC[n+]1ccc(CCS(=O)(=O)c2ccc(NC(C)=O)cc2)cc1.[Br-]. The average molecular weight is 554 g/mol. The molecule has 1 amide bonds. The highest BCUT2D eigenvalue weighted by atomic mass is 79.9. The van der Waals surface area contributed by atoms with E-state index >= 15 is 0 Å². The van der Waals surface area contributed by atoms with Crippen molar-refractivity contribution in [3.05, 3.63) is 54.4 Å². The highest BCUT2D eigenvalue weighted by Gasteiger charge is 2.15. The number of sulfone groups is 1. The maximum absolute atomic E-state index is 12.6. The van der Waals surface area contributed by atoms with E-state index in [0.29, 0.717) is 12.1 Å². The van der Waals surface area contributed by atoms with Crippen LogP contribution in [0, 0.1) is 0 Å². The first kappa shape index (κ1) is 30.3. The summed E-state index contributed by atoms with van der Waals surface area (Å²) < 4.78 is 27.4. The number of benzene rings is 1. The number of hydrogen-bond donors (Lipinski definition) is 1. The van der Waals surface area contributed by atoms with Crippen molar-refractivity contribution in [2.75, 3.05) is 11.1 Å². The van der Waals surface area contributed by atoms with Crippen molar-refractivity contribution >= 4 is 21.4 Å². The minimum Gasteiger partial charge on any atom is -1.00 e. The van der Waals surface area contributed by atoms with Crippen LogP contribution in [0.15, 0.2) is 53.7 Å². The van der Waals surface area contributed by atoms with Gasteiger partial charge in [0.05, 0.1) is 10.6 Å². The van der Waals surface area contributed by atoms with Gasteiger partial charge < -0.3 is 22.3 Å². The van der Waals surface area contributed by atoms with Gasteiger partial charge in [0, 0.05) is 31.2 Å². The molecule has 2 aromatic rings. The zero-order valence-corrected chi connectivity index (χ0v) is 23.2. The fraction of sp³-hybridized carbons (Fsp3) is 0.556. The van der Waals surface area contributed by atoms with Crippen molar-refractivity contribution in [2.24, 2.45) is 0 Å². The van der Waals surface area contributed by atoms with E-state index in [-0.39, 0.29) is 33.5 Å². The van der Waals surface area contributed by atoms with E-state index in [9.17, 15) is 13.2 Å². The van der Waals surface area contributed by atoms with Gasteiger partial charge in [0.2, 0.25) is 5.91 Å². The number of carbonyl (C=O) groups is 1. The molecule has 7 heteroatoms. The van der Waals surface area contributed by atoms with Crippen LogP contribution in [0.5, 0.6) is 0 Å². The summed E-state index contributed by atoms with van der Waals surface area (Å²) >= 11 is 0. The van der Waals surface area contributed by atoms with E-state index in [2.05, 4.69) is 29.2 Å². The number of aryl methyl sites for hydroxylation is 2. The summed E-state index contributed by atoms with van der Waals surface area (Å²) in [7, 11) is -3.37. The first-order valence-electron chi connectivity index (χ1n) is 12.5. The van der Waals surface area contributed by atoms with Crippen LogP contribution >= 0.6 is 0 Å². The molecule has 0 unspecified atom stereocenters. The Morgan fingerprint density at radius 2 is 1.35 bits per heavy atom. The molecule has 190 valence electrons. The van der Waals surface area contributed by atoms with Crippen LogP contribution in [0.3, 0.4) is 0 Å². The molecule has 0 atom stereocenters. The molecule has 1 aromatic heterocycles. The van der Waals surface area contributed by atoms with Crippen molar-refractivity contribution < 1.29 is 34.8 Å². The second-order valence-corrected chi connectivity index (χ2v) is 11.0. The molecule has 1 N–H and O–H groups in total. The first-order chi connectivity index (χ1) is 15.9. The van der Waals surface area contributed by atoms with Gasteiger partial charge in [-0.05, 0) is 42.7 Å². The highest BCUT2D eigenvalue weighted by molar-refractivity contribution is 7.91. The third-order valence-corrected chi connectivity index (χ3v) is 7.66. The predicted molar refractivity (Wildman–Crippen MR) is 135 cm³/mol. The van der Waals surface area contributed by atoms with Crippen LogP contribution in [-0.4, -0.2) is 20.1 Å². The van der Waals surface area contributed by atoms with Crippen molar-refractivity contribution in [1.29, 1.82) is 0 Å². The minimum absolute atomic E-state index is 0. The minimum atomic E-state index is -3.37. The van der Waals surface area contributed by atoms with Crippen LogP contribution in [0.25, 0.3) is 0 Å². The van der Waals surface area contributed by atoms with Crippen molar-refractivity contribution in [2.45, 2.75) is 95.9 Å². The number of amides is 1. The Morgan fingerprint density at radius 3 is 1.88 bits per heavy atom. The Hall–Kier alpha value is -1.73. The lowest BCUT2D eigenvalue weighted by molar-refractivity contribution is -0.697. The lowest BCUT2D eigenvalue weighted by Gasteiger charge is -2.07. The van der Waals surface area contributed by atoms with E-state index in [4.69, 9.17) is 0 Å². The van der Waals surface area contributed by atoms with Crippen LogP contribution in [0.2, 0.25) is 0 Å². The van der Waals surface area contributed by atoms with E-state index in [1.165, 1.54) is 71.1 Å². The Morgan fingerprint density at radius 1 is 0.824 bits per heavy atom. The van der Waals surface area contributed by atoms with Gasteiger partial charge in [-0.25, -0.2) is 13.0 Å². The molecule has 34 heavy (non-hydrogen) atoms. The third kappa shape index (κ3) is 12.1. The molecule has 0 saturated carbocycles. The van der Waals surface area contributed by atoms with Gasteiger partial charge in [-0.3, -0.25) is 4.79 Å². The molecule has 0 bridgehead atoms. The van der Waals surface area contributed by atoms with E-state index in [1.54, 1.807) is 24.3 Å². The number of unbranched alkanes of at least 4 members (excludes halogenated alkanes) is 9. The van der Waals surface area contributed by atoms with Gasteiger partial charge in [-0.15, -0.1) is 0 Å². The number of halogens is 1. The van der Waals surface area contributed by atoms with Crippen molar-refractivity contribution in [1.82, 2.24) is 0 Å². The summed E-state index contributed by atoms with van der Waals surface area (Å²) in [6.45, 7) is 4.69. The van der Waals surface area contributed by atoms with E-state index in [0.717, 1.165) is 12.1 Å². The maximum Gasteiger partial charge on any atom is 0.221 e. The second kappa shape index (κ2) is 16.8. The van der Waals surface area contributed by atoms with Gasteiger partial charge in [-0.2, -0.15) is 0 Å². The maximum atomic E-state index is 12.6. The molecule has 0 spiro atoms. The standard InChI is InChI=1S/C27H40N2O3S.BrH/c1-3-4-5-6-7-8-9-10-11-12-20-29-21-17-25(18-22-29)19-23-33(31,32)27-15-13-26(14-16-27)28-24(2)30;/h13-18,21-22H,3-12,19-20,23H2,1-2H3;1H. The summed E-state index contributed by atoms with van der Waals surface area (Å²) in [5.74, 6) is -0.116. The summed E-state index contributed by atoms with van der Waals surface area (Å²) in [5, 5.41) is 2.65. The molecule has 0 aliphatic carbocycles. The number of nitrogens with zero attached hydrogens (tertiary/aromatic N) is 1. The molecule has 0 aliphatic rings. The highest BCUT2D eigenvalue weighted by Crippen LogP contribution is 2.17. The zero-order valence-electron chi connectivity index (χ0n) is 20.8. The van der Waals surface area contributed by atoms with Crippen LogP contribution in [0.1, 0.15) is 83.6 Å². The normalized spacial score (nSPS) is 11.1. The summed E-state index contributed by atoms with van der Waals surface area (Å²) in [6, 6.07) is 10.4. The quantitative estimate of drug-likeness (QED) is 0.257. The van der Waals surface area contributed by atoms with Crippen molar-refractivity contribution in [3.63, 3.8) is 0 Å². The number of anilines is 1. The molecular formula is C27H41BrN2O3S. The second-order valence-electron chi connectivity index (χ2n) is 8.90. The van der Waals surface area contributed by atoms with Crippen molar-refractivity contribution in [3.8, 4) is 0 Å². The molecule has 0 fully saturated rings. The lowest BCUT2D eigenvalue weighted by Crippen LogP contribution is -3.00. The molecule has 5 nitrogen and oxygen atoms in total. The summed E-state index contributed by atoms with van der Waals surface area (Å²) in [4.78, 5) is 11.4. The topological polar surface area (TPSA) is 67.1 Å². The van der Waals surface area contributed by atoms with Gasteiger partial charge in [0.25, 0.3) is 0 Å². The Bertz CT molecular complexity index is 929. The summed E-state index contributed by atoms with van der Waals surface area (Å²) in [6.07, 6.45) is 17.9. The number of pyridine rings is 1. The summed E-state index contributed by atoms with van der Waals surface area (Å²) in [5.41, 5.74) is 1.62. The van der Waals surface area contributed by atoms with Crippen LogP contribution in [0.4, 0.5) is 5.69 Å². The molecule has 0 radical (unpaired) electrons. The number of rotatable bonds is 16. The number of aromatic nitrogens is 1. The fourth-order valence-corrected chi connectivity index (χ4v) is 5.20. The number of hydrogen-bond acceptors (Lipinski definition) is 3. The molecule has 0 aliphatic heterocycles. The van der Waals surface area contributed by atoms with E-state index < -0.39 is 9.84 Å². The average Bonchev–Trinajstić information content (AvgIpc) is 2.80. The Balaban J connectivity index is 0.00000578. The third-order valence-electron chi connectivity index (χ3n) is 5.92. The number of carbonyl (C=O) groups excluding carboxylic acids is 1. The molecule has 1 heterocycles. The molecule has 0 saturated heterocycles. The fourth-order valence-electron chi connectivity index (χ4n) is 3.90. The smallest absolute Gasteiger partial charge is 0.221 e. The lowest BCUT2D eigenvalue weighted by atomic mass is 10.1. The Labute approximate surface area is 217 Å². The van der Waals surface area contributed by atoms with Gasteiger partial charge in [-0.1, -0.05) is 58.3 Å². The van der Waals surface area contributed by atoms with Crippen LogP contribution < -0.4 is 26.9 Å². The molecular weight excluding hydrogens is 512 g/mol. The van der Waals surface area contributed by atoms with Gasteiger partial charge in [0.1, 0.15) is 6.54 Å². The largest absolute Gasteiger partial charge is 1.00 e. The van der Waals surface area contributed by atoms with Gasteiger partial charge >= 0.3 is 0 Å². The predicted octanol–water partition coefficient (Wildman–Crippen LogP) is 2.87. The Kier molecular flexibility index (Phi) is 15.0. The van der Waals surface area contributed by atoms with Crippen LogP contribution in [-0.2, 0) is 27.6 Å². The number of nitrogens with one attached hydrogen (secondary N) is 1. The monoisotopic (exact) mass is 552 g/mol. The molecule has 1 aromatic carbocycles.